The fraction of sp³-hybridized carbons (Fsp3) is 0.500. The second-order valence-corrected chi connectivity index (χ2v) is 5.00. The number of rotatable bonds is 4. The minimum Gasteiger partial charge on any atom is -0.383 e. The molecule has 0 atom stereocenters. The third kappa shape index (κ3) is 3.30. The van der Waals surface area contributed by atoms with Gasteiger partial charge in [-0.1, -0.05) is 0 Å². The summed E-state index contributed by atoms with van der Waals surface area (Å²) in [6.07, 6.45) is 1.63. The van der Waals surface area contributed by atoms with E-state index in [2.05, 4.69) is 5.32 Å². The summed E-state index contributed by atoms with van der Waals surface area (Å²) >= 11 is 0. The van der Waals surface area contributed by atoms with E-state index in [-0.39, 0.29) is 17.6 Å². The molecule has 1 fully saturated rings. The standard InChI is InChI=1S/C14H19N3O4/c1-15-12-9-10(3-4-13(12)17(19)20)14(18)16(2)11-5-7-21-8-6-11/h3-4,9,11,15H,5-8H2,1-2H3. The van der Waals surface area contributed by atoms with Crippen LogP contribution in [0, 0.1) is 10.1 Å². The Morgan fingerprint density at radius 1 is 1.43 bits per heavy atom. The van der Waals surface area contributed by atoms with Crippen LogP contribution in [0.15, 0.2) is 18.2 Å². The number of benzene rings is 1. The molecule has 1 aromatic rings. The quantitative estimate of drug-likeness (QED) is 0.677. The van der Waals surface area contributed by atoms with Crippen LogP contribution in [0.4, 0.5) is 11.4 Å². The molecule has 2 rings (SSSR count). The minimum absolute atomic E-state index is 0.0391. The van der Waals surface area contributed by atoms with Crippen LogP contribution in [0.25, 0.3) is 0 Å². The lowest BCUT2D eigenvalue weighted by molar-refractivity contribution is -0.383. The van der Waals surface area contributed by atoms with Crippen molar-refractivity contribution in [1.29, 1.82) is 0 Å². The average Bonchev–Trinajstić information content (AvgIpc) is 2.53. The molecule has 1 heterocycles. The van der Waals surface area contributed by atoms with Crippen molar-refractivity contribution in [2.24, 2.45) is 0 Å². The molecule has 0 saturated carbocycles. The molecule has 0 aromatic heterocycles. The molecule has 21 heavy (non-hydrogen) atoms. The highest BCUT2D eigenvalue weighted by Crippen LogP contribution is 2.26. The smallest absolute Gasteiger partial charge is 0.292 e. The lowest BCUT2D eigenvalue weighted by Gasteiger charge is -2.31. The first kappa shape index (κ1) is 15.2. The summed E-state index contributed by atoms with van der Waals surface area (Å²) in [7, 11) is 3.36. The molecule has 0 aliphatic carbocycles. The average molecular weight is 293 g/mol. The lowest BCUT2D eigenvalue weighted by Crippen LogP contribution is -2.40. The Labute approximate surface area is 123 Å². The van der Waals surface area contributed by atoms with E-state index >= 15 is 0 Å². The van der Waals surface area contributed by atoms with Crippen LogP contribution in [-0.2, 0) is 4.74 Å². The van der Waals surface area contributed by atoms with Gasteiger partial charge in [-0.15, -0.1) is 0 Å². The van der Waals surface area contributed by atoms with Gasteiger partial charge in [-0.3, -0.25) is 14.9 Å². The molecule has 1 N–H and O–H groups in total. The van der Waals surface area contributed by atoms with Crippen LogP contribution < -0.4 is 5.32 Å². The molecule has 0 bridgehead atoms. The molecule has 114 valence electrons. The Morgan fingerprint density at radius 3 is 2.67 bits per heavy atom. The number of nitro groups is 1. The molecule has 1 saturated heterocycles. The maximum absolute atomic E-state index is 12.5. The number of anilines is 1. The largest absolute Gasteiger partial charge is 0.383 e. The Morgan fingerprint density at radius 2 is 2.10 bits per heavy atom. The van der Waals surface area contributed by atoms with Gasteiger partial charge in [-0.25, -0.2) is 0 Å². The molecule has 7 heteroatoms. The number of carbonyl (C=O) groups excluding carboxylic acids is 1. The maximum Gasteiger partial charge on any atom is 0.292 e. The van der Waals surface area contributed by atoms with E-state index in [1.54, 1.807) is 19.0 Å². The zero-order chi connectivity index (χ0) is 15.4. The van der Waals surface area contributed by atoms with E-state index in [1.165, 1.54) is 18.2 Å². The van der Waals surface area contributed by atoms with Gasteiger partial charge in [0.25, 0.3) is 11.6 Å². The van der Waals surface area contributed by atoms with Gasteiger partial charge in [0.15, 0.2) is 0 Å². The van der Waals surface area contributed by atoms with Crippen LogP contribution in [-0.4, -0.2) is 49.1 Å². The van der Waals surface area contributed by atoms with Crippen molar-refractivity contribution in [1.82, 2.24) is 4.90 Å². The third-order valence-corrected chi connectivity index (χ3v) is 3.77. The van der Waals surface area contributed by atoms with Crippen molar-refractivity contribution in [3.05, 3.63) is 33.9 Å². The van der Waals surface area contributed by atoms with Crippen molar-refractivity contribution in [3.8, 4) is 0 Å². The van der Waals surface area contributed by atoms with Crippen LogP contribution in [0.2, 0.25) is 0 Å². The van der Waals surface area contributed by atoms with Crippen LogP contribution >= 0.6 is 0 Å². The van der Waals surface area contributed by atoms with E-state index in [1.807, 2.05) is 0 Å². The van der Waals surface area contributed by atoms with E-state index in [0.29, 0.717) is 24.5 Å². The molecular weight excluding hydrogens is 274 g/mol. The normalized spacial score (nSPS) is 15.5. The van der Waals surface area contributed by atoms with Gasteiger partial charge < -0.3 is 15.0 Å². The molecule has 0 spiro atoms. The first-order chi connectivity index (χ1) is 10.0. The van der Waals surface area contributed by atoms with Crippen LogP contribution in [0.1, 0.15) is 23.2 Å². The van der Waals surface area contributed by atoms with E-state index in [9.17, 15) is 14.9 Å². The predicted molar refractivity (Wildman–Crippen MR) is 78.6 cm³/mol. The SMILES string of the molecule is CNc1cc(C(=O)N(C)C2CCOCC2)ccc1[N+](=O)[O-]. The van der Waals surface area contributed by atoms with Gasteiger partial charge in [0.1, 0.15) is 5.69 Å². The second-order valence-electron chi connectivity index (χ2n) is 5.00. The summed E-state index contributed by atoms with van der Waals surface area (Å²) in [5.74, 6) is -0.131. The van der Waals surface area contributed by atoms with Gasteiger partial charge in [0.2, 0.25) is 0 Å². The van der Waals surface area contributed by atoms with Crippen molar-refractivity contribution >= 4 is 17.3 Å². The number of nitrogens with one attached hydrogen (secondary N) is 1. The predicted octanol–water partition coefficient (Wildman–Crippen LogP) is 1.89. The van der Waals surface area contributed by atoms with Gasteiger partial charge in [-0.2, -0.15) is 0 Å². The number of nitro benzene ring substituents is 1. The van der Waals surface area contributed by atoms with E-state index in [0.717, 1.165) is 12.8 Å². The zero-order valence-corrected chi connectivity index (χ0v) is 12.2. The summed E-state index contributed by atoms with van der Waals surface area (Å²) in [5, 5.41) is 13.7. The monoisotopic (exact) mass is 293 g/mol. The molecule has 0 radical (unpaired) electrons. The van der Waals surface area contributed by atoms with E-state index in [4.69, 9.17) is 4.74 Å². The van der Waals surface area contributed by atoms with Crippen molar-refractivity contribution in [2.75, 3.05) is 32.6 Å². The number of amides is 1. The number of hydrogen-bond donors (Lipinski definition) is 1. The summed E-state index contributed by atoms with van der Waals surface area (Å²) in [6.45, 7) is 1.31. The Kier molecular flexibility index (Phi) is 4.74. The Bertz CT molecular complexity index is 541. The number of hydrogen-bond acceptors (Lipinski definition) is 5. The second kappa shape index (κ2) is 6.53. The number of ether oxygens (including phenoxy) is 1. The zero-order valence-electron chi connectivity index (χ0n) is 12.2. The maximum atomic E-state index is 12.5. The highest BCUT2D eigenvalue weighted by molar-refractivity contribution is 5.96. The third-order valence-electron chi connectivity index (χ3n) is 3.77. The summed E-state index contributed by atoms with van der Waals surface area (Å²) < 4.78 is 5.29. The molecule has 1 aliphatic heterocycles. The molecule has 1 amide bonds. The summed E-state index contributed by atoms with van der Waals surface area (Å²) in [4.78, 5) is 24.6. The summed E-state index contributed by atoms with van der Waals surface area (Å²) in [6, 6.07) is 4.53. The Hall–Kier alpha value is -2.15. The van der Waals surface area contributed by atoms with Crippen LogP contribution in [0.3, 0.4) is 0 Å². The Balaban J connectivity index is 2.20. The van der Waals surface area contributed by atoms with Gasteiger partial charge in [0, 0.05) is 45.0 Å². The summed E-state index contributed by atoms with van der Waals surface area (Å²) in [5.41, 5.74) is 0.743. The lowest BCUT2D eigenvalue weighted by atomic mass is 10.1. The number of nitrogens with zero attached hydrogens (tertiary/aromatic N) is 2. The van der Waals surface area contributed by atoms with Gasteiger partial charge in [-0.05, 0) is 25.0 Å². The molecule has 1 aliphatic rings. The van der Waals surface area contributed by atoms with Crippen molar-refractivity contribution < 1.29 is 14.5 Å². The molecule has 0 unspecified atom stereocenters. The van der Waals surface area contributed by atoms with Gasteiger partial charge in [0.05, 0.1) is 4.92 Å². The first-order valence-corrected chi connectivity index (χ1v) is 6.85. The molecule has 7 nitrogen and oxygen atoms in total. The van der Waals surface area contributed by atoms with Gasteiger partial charge >= 0.3 is 0 Å². The van der Waals surface area contributed by atoms with Crippen molar-refractivity contribution in [3.63, 3.8) is 0 Å². The fourth-order valence-corrected chi connectivity index (χ4v) is 2.47. The van der Waals surface area contributed by atoms with Crippen LogP contribution in [0.5, 0.6) is 0 Å². The highest BCUT2D eigenvalue weighted by Gasteiger charge is 2.24. The topological polar surface area (TPSA) is 84.7 Å². The molecular formula is C14H19N3O4. The minimum atomic E-state index is -0.470. The van der Waals surface area contributed by atoms with E-state index < -0.39 is 4.92 Å². The van der Waals surface area contributed by atoms with Crippen molar-refractivity contribution in [2.45, 2.75) is 18.9 Å². The molecule has 1 aromatic carbocycles. The first-order valence-electron chi connectivity index (χ1n) is 6.85. The fourth-order valence-electron chi connectivity index (χ4n) is 2.47. The highest BCUT2D eigenvalue weighted by atomic mass is 16.6. The number of carbonyl (C=O) groups is 1.